The van der Waals surface area contributed by atoms with E-state index in [1.807, 2.05) is 0 Å². The first-order valence-corrected chi connectivity index (χ1v) is 9.82. The average Bonchev–Trinajstić information content (AvgIpc) is 3.08. The van der Waals surface area contributed by atoms with Crippen LogP contribution in [-0.4, -0.2) is 30.4 Å². The molecule has 1 aromatic heterocycles. The number of methoxy groups -OCH3 is 1. The monoisotopic (exact) mass is 466 g/mol. The summed E-state index contributed by atoms with van der Waals surface area (Å²) in [5.41, 5.74) is 1.09. The van der Waals surface area contributed by atoms with Crippen LogP contribution in [0.15, 0.2) is 48.5 Å². The van der Waals surface area contributed by atoms with E-state index in [0.717, 1.165) is 23.5 Å². The van der Waals surface area contributed by atoms with Gasteiger partial charge < -0.3 is 20.1 Å². The number of para-hydroxylation sites is 2. The first-order chi connectivity index (χ1) is 15.1. The highest BCUT2D eigenvalue weighted by atomic mass is 32.1. The third kappa shape index (κ3) is 6.11. The molecule has 3 amide bonds. The van der Waals surface area contributed by atoms with Gasteiger partial charge in [0.05, 0.1) is 18.5 Å². The van der Waals surface area contributed by atoms with E-state index in [1.54, 1.807) is 31.2 Å². The lowest BCUT2D eigenvalue weighted by Gasteiger charge is -2.09. The van der Waals surface area contributed by atoms with Gasteiger partial charge in [0.15, 0.2) is 5.13 Å². The number of benzene rings is 2. The van der Waals surface area contributed by atoms with Crippen molar-refractivity contribution in [2.75, 3.05) is 23.1 Å². The zero-order valence-corrected chi connectivity index (χ0v) is 17.6. The summed E-state index contributed by atoms with van der Waals surface area (Å²) >= 11 is 0.947. The molecule has 0 radical (unpaired) electrons. The minimum Gasteiger partial charge on any atom is -0.495 e. The van der Waals surface area contributed by atoms with E-state index in [-0.39, 0.29) is 15.7 Å². The third-order valence-corrected chi connectivity index (χ3v) is 5.00. The second-order valence-corrected chi connectivity index (χ2v) is 7.24. The van der Waals surface area contributed by atoms with Gasteiger partial charge in [0.1, 0.15) is 16.4 Å². The van der Waals surface area contributed by atoms with Crippen LogP contribution in [0.3, 0.4) is 0 Å². The number of aryl methyl sites for hydroxylation is 1. The lowest BCUT2D eigenvalue weighted by atomic mass is 10.3. The van der Waals surface area contributed by atoms with Crippen LogP contribution in [0.25, 0.3) is 0 Å². The Bertz CT molecular complexity index is 1120. The van der Waals surface area contributed by atoms with E-state index in [2.05, 4.69) is 25.7 Å². The molecule has 12 heteroatoms. The maximum Gasteiger partial charge on any atom is 0.573 e. The Morgan fingerprint density at radius 3 is 2.34 bits per heavy atom. The molecule has 32 heavy (non-hydrogen) atoms. The number of nitrogens with zero attached hydrogens (tertiary/aromatic N) is 1. The summed E-state index contributed by atoms with van der Waals surface area (Å²) in [5, 5.41) is 7.93. The molecule has 0 aliphatic rings. The fraction of sp³-hybridized carbons (Fsp3) is 0.150. The summed E-state index contributed by atoms with van der Waals surface area (Å²) in [4.78, 5) is 29.2. The third-order valence-electron chi connectivity index (χ3n) is 3.92. The fourth-order valence-corrected chi connectivity index (χ4v) is 3.44. The first kappa shape index (κ1) is 22.9. The fourth-order valence-electron chi connectivity index (χ4n) is 2.59. The van der Waals surface area contributed by atoms with Crippen molar-refractivity contribution in [3.8, 4) is 11.5 Å². The van der Waals surface area contributed by atoms with Crippen LogP contribution in [0.5, 0.6) is 11.5 Å². The van der Waals surface area contributed by atoms with Crippen molar-refractivity contribution in [3.05, 3.63) is 59.1 Å². The Morgan fingerprint density at radius 2 is 1.69 bits per heavy atom. The Labute approximate surface area is 184 Å². The maximum atomic E-state index is 12.5. The van der Waals surface area contributed by atoms with E-state index < -0.39 is 24.1 Å². The number of rotatable bonds is 6. The molecule has 0 atom stereocenters. The lowest BCUT2D eigenvalue weighted by Crippen LogP contribution is -2.19. The summed E-state index contributed by atoms with van der Waals surface area (Å²) in [5.74, 6) is -0.454. The summed E-state index contributed by atoms with van der Waals surface area (Å²) in [6, 6.07) is 11.0. The van der Waals surface area contributed by atoms with Crippen LogP contribution in [0.1, 0.15) is 15.4 Å². The van der Waals surface area contributed by atoms with Crippen molar-refractivity contribution >= 4 is 39.8 Å². The van der Waals surface area contributed by atoms with Gasteiger partial charge in [-0.15, -0.1) is 13.2 Å². The standard InChI is InChI=1S/C20H17F3N4O4S/c1-11-16(17(28)25-12-7-9-13(10-8-12)31-20(21,22)23)32-19(24-11)27-18(29)26-14-5-3-4-6-15(14)30-2/h3-10H,1-2H3,(H,25,28)(H2,24,26,27,29). The maximum absolute atomic E-state index is 12.5. The van der Waals surface area contributed by atoms with E-state index in [9.17, 15) is 22.8 Å². The number of ether oxygens (including phenoxy) is 2. The first-order valence-electron chi connectivity index (χ1n) is 9.00. The molecular formula is C20H17F3N4O4S. The Balaban J connectivity index is 1.63. The quantitative estimate of drug-likeness (QED) is 0.460. The second-order valence-electron chi connectivity index (χ2n) is 6.24. The zero-order chi connectivity index (χ0) is 23.3. The SMILES string of the molecule is COc1ccccc1NC(=O)Nc1nc(C)c(C(=O)Nc2ccc(OC(F)(F)F)cc2)s1. The van der Waals surface area contributed by atoms with Gasteiger partial charge in [0.25, 0.3) is 5.91 Å². The highest BCUT2D eigenvalue weighted by molar-refractivity contribution is 7.17. The highest BCUT2D eigenvalue weighted by Crippen LogP contribution is 2.27. The molecule has 2 aromatic carbocycles. The molecular weight excluding hydrogens is 449 g/mol. The second kappa shape index (κ2) is 9.56. The van der Waals surface area contributed by atoms with Gasteiger partial charge in [-0.05, 0) is 43.3 Å². The van der Waals surface area contributed by atoms with Gasteiger partial charge in [0.2, 0.25) is 0 Å². The molecule has 3 rings (SSSR count). The van der Waals surface area contributed by atoms with E-state index in [4.69, 9.17) is 4.74 Å². The van der Waals surface area contributed by atoms with Crippen LogP contribution < -0.4 is 25.4 Å². The molecule has 0 bridgehead atoms. The van der Waals surface area contributed by atoms with Crippen molar-refractivity contribution in [3.63, 3.8) is 0 Å². The number of hydrogen-bond donors (Lipinski definition) is 3. The number of thiazole rings is 1. The van der Waals surface area contributed by atoms with Crippen LogP contribution in [-0.2, 0) is 0 Å². The topological polar surface area (TPSA) is 102 Å². The normalized spacial score (nSPS) is 10.9. The summed E-state index contributed by atoms with van der Waals surface area (Å²) in [6.45, 7) is 1.59. The zero-order valence-electron chi connectivity index (χ0n) is 16.7. The molecule has 0 saturated heterocycles. The van der Waals surface area contributed by atoms with Crippen molar-refractivity contribution in [2.45, 2.75) is 13.3 Å². The summed E-state index contributed by atoms with van der Waals surface area (Å²) in [6.07, 6.45) is -4.80. The number of aromatic nitrogens is 1. The van der Waals surface area contributed by atoms with Crippen molar-refractivity contribution < 1.29 is 32.2 Å². The smallest absolute Gasteiger partial charge is 0.495 e. The van der Waals surface area contributed by atoms with Crippen LogP contribution in [0, 0.1) is 6.92 Å². The van der Waals surface area contributed by atoms with Crippen molar-refractivity contribution in [1.82, 2.24) is 4.98 Å². The van der Waals surface area contributed by atoms with Crippen LogP contribution >= 0.6 is 11.3 Å². The number of anilines is 3. The molecule has 0 spiro atoms. The van der Waals surface area contributed by atoms with Gasteiger partial charge in [-0.1, -0.05) is 23.5 Å². The molecule has 0 unspecified atom stereocenters. The number of urea groups is 1. The summed E-state index contributed by atoms with van der Waals surface area (Å²) < 4.78 is 45.7. The molecule has 3 aromatic rings. The average molecular weight is 466 g/mol. The highest BCUT2D eigenvalue weighted by Gasteiger charge is 2.31. The predicted octanol–water partition coefficient (Wildman–Crippen LogP) is 5.26. The minimum absolute atomic E-state index is 0.189. The van der Waals surface area contributed by atoms with Crippen LogP contribution in [0.4, 0.5) is 34.5 Å². The molecule has 168 valence electrons. The van der Waals surface area contributed by atoms with Gasteiger partial charge in [-0.3, -0.25) is 10.1 Å². The van der Waals surface area contributed by atoms with Gasteiger partial charge in [0, 0.05) is 5.69 Å². The number of carbonyl (C=O) groups excluding carboxylic acids is 2. The Hall–Kier alpha value is -3.80. The van der Waals surface area contributed by atoms with E-state index >= 15 is 0 Å². The molecule has 8 nitrogen and oxygen atoms in total. The number of amides is 3. The molecule has 1 heterocycles. The van der Waals surface area contributed by atoms with Gasteiger partial charge in [-0.2, -0.15) is 0 Å². The summed E-state index contributed by atoms with van der Waals surface area (Å²) in [7, 11) is 1.48. The molecule has 0 aliphatic heterocycles. The number of halogens is 3. The molecule has 0 aliphatic carbocycles. The van der Waals surface area contributed by atoms with E-state index in [1.165, 1.54) is 19.2 Å². The Morgan fingerprint density at radius 1 is 1.00 bits per heavy atom. The van der Waals surface area contributed by atoms with Gasteiger partial charge >= 0.3 is 12.4 Å². The van der Waals surface area contributed by atoms with E-state index in [0.29, 0.717) is 17.1 Å². The molecule has 3 N–H and O–H groups in total. The molecule has 0 fully saturated rings. The minimum atomic E-state index is -4.80. The molecule has 0 saturated carbocycles. The number of nitrogens with one attached hydrogen (secondary N) is 3. The predicted molar refractivity (Wildman–Crippen MR) is 114 cm³/mol. The Kier molecular flexibility index (Phi) is 6.83. The van der Waals surface area contributed by atoms with Crippen molar-refractivity contribution in [1.29, 1.82) is 0 Å². The number of hydrogen-bond acceptors (Lipinski definition) is 6. The number of alkyl halides is 3. The largest absolute Gasteiger partial charge is 0.573 e. The van der Waals surface area contributed by atoms with Crippen LogP contribution in [0.2, 0.25) is 0 Å². The number of carbonyl (C=O) groups is 2. The van der Waals surface area contributed by atoms with Gasteiger partial charge in [-0.25, -0.2) is 9.78 Å². The van der Waals surface area contributed by atoms with Crippen molar-refractivity contribution in [2.24, 2.45) is 0 Å². The lowest BCUT2D eigenvalue weighted by molar-refractivity contribution is -0.274.